The van der Waals surface area contributed by atoms with Gasteiger partial charge >= 0.3 is 0 Å². The van der Waals surface area contributed by atoms with E-state index >= 15 is 0 Å². The number of furan rings is 1. The molecule has 5 nitrogen and oxygen atoms in total. The van der Waals surface area contributed by atoms with Gasteiger partial charge in [-0.15, -0.1) is 0 Å². The molecule has 0 unspecified atom stereocenters. The van der Waals surface area contributed by atoms with Gasteiger partial charge in [0.1, 0.15) is 11.6 Å². The Kier molecular flexibility index (Phi) is 6.03. The van der Waals surface area contributed by atoms with E-state index in [1.54, 1.807) is 47.4 Å². The van der Waals surface area contributed by atoms with Gasteiger partial charge in [-0.05, 0) is 55.5 Å². The van der Waals surface area contributed by atoms with E-state index in [9.17, 15) is 14.0 Å². The maximum atomic E-state index is 14.4. The third kappa shape index (κ3) is 4.45. The number of Topliss-reactive ketones (excluding diaryl/α,β-unsaturated/α-hetero) is 1. The first kappa shape index (κ1) is 21.4. The molecule has 0 bridgehead atoms. The molecule has 1 aromatic heterocycles. The van der Waals surface area contributed by atoms with Crippen LogP contribution in [0.4, 0.5) is 10.1 Å². The summed E-state index contributed by atoms with van der Waals surface area (Å²) in [4.78, 5) is 27.8. The Labute approximate surface area is 189 Å². The zero-order chi connectivity index (χ0) is 22.1. The number of hydrogen-bond donors (Lipinski definition) is 0. The largest absolute Gasteiger partial charge is 0.451 e. The number of anilines is 1. The molecule has 0 N–H and O–H groups in total. The van der Waals surface area contributed by atoms with Crippen molar-refractivity contribution in [3.8, 4) is 11.3 Å². The highest BCUT2D eigenvalue weighted by Gasteiger charge is 2.26. The summed E-state index contributed by atoms with van der Waals surface area (Å²) in [5, 5.41) is 0.993. The predicted octanol–water partition coefficient (Wildman–Crippen LogP) is 5.56. The van der Waals surface area contributed by atoms with Crippen molar-refractivity contribution in [1.29, 1.82) is 0 Å². The molecule has 4 rings (SSSR count). The van der Waals surface area contributed by atoms with Gasteiger partial charge in [-0.25, -0.2) is 4.39 Å². The van der Waals surface area contributed by atoms with E-state index in [-0.39, 0.29) is 17.5 Å². The van der Waals surface area contributed by atoms with Gasteiger partial charge in [-0.1, -0.05) is 23.2 Å². The molecule has 0 spiro atoms. The number of ketones is 1. The Morgan fingerprint density at radius 3 is 2.39 bits per heavy atom. The van der Waals surface area contributed by atoms with Crippen molar-refractivity contribution in [3.05, 3.63) is 75.7 Å². The zero-order valence-electron chi connectivity index (χ0n) is 16.7. The SMILES string of the molecule is CC(=O)c1ccc(N2CCN(C(=O)c3ccc(-c4cc(Cl)ccc4Cl)o3)CC2)c(F)c1. The van der Waals surface area contributed by atoms with Crippen LogP contribution in [0.25, 0.3) is 11.3 Å². The number of halogens is 3. The lowest BCUT2D eigenvalue weighted by Gasteiger charge is -2.35. The molecule has 0 radical (unpaired) electrons. The Balaban J connectivity index is 1.44. The lowest BCUT2D eigenvalue weighted by molar-refractivity contribution is 0.0715. The van der Waals surface area contributed by atoms with Crippen molar-refractivity contribution in [2.24, 2.45) is 0 Å². The van der Waals surface area contributed by atoms with E-state index < -0.39 is 5.82 Å². The standard InChI is InChI=1S/C23H19Cl2FN2O3/c1-14(29)15-2-5-20(19(26)12-15)27-8-10-28(11-9-27)23(30)22-7-6-21(31-22)17-13-16(24)3-4-18(17)25/h2-7,12-13H,8-11H2,1H3. The number of carbonyl (C=O) groups is 2. The lowest BCUT2D eigenvalue weighted by Crippen LogP contribution is -2.49. The molecule has 1 amide bonds. The van der Waals surface area contributed by atoms with Crippen LogP contribution in [0.5, 0.6) is 0 Å². The average Bonchev–Trinajstić information content (AvgIpc) is 3.25. The molecule has 1 fully saturated rings. The van der Waals surface area contributed by atoms with E-state index in [1.807, 2.05) is 4.90 Å². The molecular weight excluding hydrogens is 442 g/mol. The molecule has 0 aliphatic carbocycles. The van der Waals surface area contributed by atoms with Crippen LogP contribution in [0, 0.1) is 5.82 Å². The van der Waals surface area contributed by atoms with Gasteiger partial charge in [0.25, 0.3) is 5.91 Å². The van der Waals surface area contributed by atoms with Crippen molar-refractivity contribution >= 4 is 40.6 Å². The first-order valence-electron chi connectivity index (χ1n) is 9.73. The van der Waals surface area contributed by atoms with Crippen molar-refractivity contribution in [2.75, 3.05) is 31.1 Å². The monoisotopic (exact) mass is 460 g/mol. The molecule has 3 aromatic rings. The Bertz CT molecular complexity index is 1150. The van der Waals surface area contributed by atoms with Crippen molar-refractivity contribution in [1.82, 2.24) is 4.90 Å². The predicted molar refractivity (Wildman–Crippen MR) is 119 cm³/mol. The minimum Gasteiger partial charge on any atom is -0.451 e. The van der Waals surface area contributed by atoms with Crippen LogP contribution in [0.1, 0.15) is 27.8 Å². The van der Waals surface area contributed by atoms with Crippen LogP contribution in [-0.2, 0) is 0 Å². The smallest absolute Gasteiger partial charge is 0.289 e. The third-order valence-corrected chi connectivity index (χ3v) is 5.84. The van der Waals surface area contributed by atoms with E-state index in [0.717, 1.165) is 0 Å². The minimum absolute atomic E-state index is 0.183. The highest BCUT2D eigenvalue weighted by molar-refractivity contribution is 6.35. The van der Waals surface area contributed by atoms with Gasteiger partial charge in [0.2, 0.25) is 0 Å². The van der Waals surface area contributed by atoms with Crippen LogP contribution in [0.15, 0.2) is 52.9 Å². The van der Waals surface area contributed by atoms with Crippen molar-refractivity contribution < 1.29 is 18.4 Å². The summed E-state index contributed by atoms with van der Waals surface area (Å²) in [5.41, 5.74) is 1.37. The fourth-order valence-corrected chi connectivity index (χ4v) is 3.96. The van der Waals surface area contributed by atoms with Crippen LogP contribution in [0.2, 0.25) is 10.0 Å². The molecule has 1 aliphatic rings. The summed E-state index contributed by atoms with van der Waals surface area (Å²) in [5.74, 6) is -0.200. The average molecular weight is 461 g/mol. The molecular formula is C23H19Cl2FN2O3. The maximum Gasteiger partial charge on any atom is 0.289 e. The van der Waals surface area contributed by atoms with E-state index in [0.29, 0.717) is 58.8 Å². The molecule has 31 heavy (non-hydrogen) atoms. The molecule has 2 aromatic carbocycles. The van der Waals surface area contributed by atoms with Crippen LogP contribution < -0.4 is 4.90 Å². The number of benzene rings is 2. The summed E-state index contributed by atoms with van der Waals surface area (Å²) in [7, 11) is 0. The molecule has 2 heterocycles. The second-order valence-corrected chi connectivity index (χ2v) is 8.13. The van der Waals surface area contributed by atoms with Gasteiger partial charge in [-0.2, -0.15) is 0 Å². The molecule has 8 heteroatoms. The first-order valence-corrected chi connectivity index (χ1v) is 10.5. The van der Waals surface area contributed by atoms with Gasteiger partial charge in [0.15, 0.2) is 11.5 Å². The number of nitrogens with zero attached hydrogens (tertiary/aromatic N) is 2. The Morgan fingerprint density at radius 2 is 1.71 bits per heavy atom. The fourth-order valence-electron chi connectivity index (χ4n) is 3.57. The van der Waals surface area contributed by atoms with E-state index in [4.69, 9.17) is 27.6 Å². The Morgan fingerprint density at radius 1 is 0.968 bits per heavy atom. The van der Waals surface area contributed by atoms with E-state index in [1.165, 1.54) is 13.0 Å². The normalized spacial score (nSPS) is 14.1. The van der Waals surface area contributed by atoms with Gasteiger partial charge in [0.05, 0.1) is 10.7 Å². The van der Waals surface area contributed by atoms with Crippen molar-refractivity contribution in [3.63, 3.8) is 0 Å². The maximum absolute atomic E-state index is 14.4. The topological polar surface area (TPSA) is 53.8 Å². The number of amides is 1. The van der Waals surface area contributed by atoms with E-state index in [2.05, 4.69) is 0 Å². The first-order chi connectivity index (χ1) is 14.8. The van der Waals surface area contributed by atoms with Gasteiger partial charge < -0.3 is 14.2 Å². The summed E-state index contributed by atoms with van der Waals surface area (Å²) in [6.07, 6.45) is 0. The molecule has 160 valence electrons. The Hall–Kier alpha value is -2.83. The second kappa shape index (κ2) is 8.73. The number of carbonyl (C=O) groups excluding carboxylic acids is 2. The van der Waals surface area contributed by atoms with Crippen molar-refractivity contribution in [2.45, 2.75) is 6.92 Å². The molecule has 0 atom stereocenters. The number of rotatable bonds is 4. The third-order valence-electron chi connectivity index (χ3n) is 5.27. The van der Waals surface area contributed by atoms with Crippen LogP contribution in [-0.4, -0.2) is 42.8 Å². The summed E-state index contributed by atoms with van der Waals surface area (Å²) >= 11 is 12.2. The van der Waals surface area contributed by atoms with Gasteiger partial charge in [0, 0.05) is 42.3 Å². The molecule has 1 aliphatic heterocycles. The number of piperazine rings is 1. The molecule has 1 saturated heterocycles. The zero-order valence-corrected chi connectivity index (χ0v) is 18.2. The quantitative estimate of drug-likeness (QED) is 0.478. The van der Waals surface area contributed by atoms with Crippen LogP contribution >= 0.6 is 23.2 Å². The van der Waals surface area contributed by atoms with Crippen LogP contribution in [0.3, 0.4) is 0 Å². The highest BCUT2D eigenvalue weighted by atomic mass is 35.5. The summed E-state index contributed by atoms with van der Waals surface area (Å²) in [6.45, 7) is 3.17. The highest BCUT2D eigenvalue weighted by Crippen LogP contribution is 2.32. The molecule has 0 saturated carbocycles. The summed E-state index contributed by atoms with van der Waals surface area (Å²) in [6, 6.07) is 12.8. The minimum atomic E-state index is -0.443. The fraction of sp³-hybridized carbons (Fsp3) is 0.217. The lowest BCUT2D eigenvalue weighted by atomic mass is 10.1. The summed E-state index contributed by atoms with van der Waals surface area (Å²) < 4.78 is 20.2. The second-order valence-electron chi connectivity index (χ2n) is 7.29. The van der Waals surface area contributed by atoms with Gasteiger partial charge in [-0.3, -0.25) is 9.59 Å². The number of hydrogen-bond acceptors (Lipinski definition) is 4.